The smallest absolute Gasteiger partial charge is 0.310 e. The highest BCUT2D eigenvalue weighted by molar-refractivity contribution is 5.75. The normalized spacial score (nSPS) is 26.6. The summed E-state index contributed by atoms with van der Waals surface area (Å²) in [5, 5.41) is 0. The lowest BCUT2D eigenvalue weighted by molar-refractivity contribution is -0.173. The maximum absolute atomic E-state index is 10.1. The molecule has 1 fully saturated rings. The summed E-state index contributed by atoms with van der Waals surface area (Å²) < 4.78 is 9.33. The molecule has 0 saturated carbocycles. The van der Waals surface area contributed by atoms with Gasteiger partial charge in [0.2, 0.25) is 0 Å². The van der Waals surface area contributed by atoms with Crippen molar-refractivity contribution >= 4 is 5.97 Å². The minimum Gasteiger partial charge on any atom is -0.459 e. The summed E-state index contributed by atoms with van der Waals surface area (Å²) in [5.74, 6) is -0.118. The van der Waals surface area contributed by atoms with Gasteiger partial charge in [-0.25, -0.2) is 0 Å². The van der Waals surface area contributed by atoms with Crippen LogP contribution >= 0.6 is 0 Å². The van der Waals surface area contributed by atoms with Crippen molar-refractivity contribution in [3.8, 4) is 0 Å². The molecule has 46 valence electrons. The molecule has 0 N–H and O–H groups in total. The van der Waals surface area contributed by atoms with Crippen LogP contribution in [-0.4, -0.2) is 25.8 Å². The Balaban J connectivity index is 2.06. The highest BCUT2D eigenvalue weighted by atomic mass is 16.6. The first-order chi connectivity index (χ1) is 3.83. The number of carbonyl (C=O) groups excluding carboxylic acids is 1. The molecule has 1 aliphatic heterocycles. The Bertz CT molecular complexity index is 91.8. The maximum atomic E-state index is 10.1. The van der Waals surface area contributed by atoms with Crippen LogP contribution in [0.1, 0.15) is 6.42 Å². The molecule has 3 heteroatoms. The lowest BCUT2D eigenvalue weighted by atomic mass is 10.2. The zero-order valence-corrected chi connectivity index (χ0v) is 4.72. The highest BCUT2D eigenvalue weighted by Gasteiger charge is 2.27. The molecule has 3 nitrogen and oxygen atoms in total. The van der Waals surface area contributed by atoms with Crippen molar-refractivity contribution in [2.75, 3.05) is 13.7 Å². The Labute approximate surface area is 47.6 Å². The Morgan fingerprint density at radius 3 is 3.00 bits per heavy atom. The van der Waals surface area contributed by atoms with E-state index in [2.05, 4.69) is 4.74 Å². The molecule has 8 heavy (non-hydrogen) atoms. The lowest BCUT2D eigenvalue weighted by Gasteiger charge is -2.24. The summed E-state index contributed by atoms with van der Waals surface area (Å²) in [6.45, 7) is 0.533. The van der Waals surface area contributed by atoms with E-state index in [-0.39, 0.29) is 12.1 Å². The van der Waals surface area contributed by atoms with Gasteiger partial charge < -0.3 is 9.47 Å². The Morgan fingerprint density at radius 1 is 2.00 bits per heavy atom. The Hall–Kier alpha value is -0.570. The second-order valence-corrected chi connectivity index (χ2v) is 1.77. The highest BCUT2D eigenvalue weighted by Crippen LogP contribution is 2.12. The van der Waals surface area contributed by atoms with Gasteiger partial charge in [0, 0.05) is 7.11 Å². The summed E-state index contributed by atoms with van der Waals surface area (Å²) in [7, 11) is 1.59. The van der Waals surface area contributed by atoms with E-state index in [0.29, 0.717) is 13.0 Å². The van der Waals surface area contributed by atoms with Gasteiger partial charge in [0.15, 0.2) is 0 Å². The van der Waals surface area contributed by atoms with Crippen LogP contribution < -0.4 is 0 Å². The average Bonchev–Trinajstić information content (AvgIpc) is 1.64. The zero-order valence-electron chi connectivity index (χ0n) is 4.72. The SMILES string of the molecule is COCC1CC(=O)O1. The van der Waals surface area contributed by atoms with E-state index in [4.69, 9.17) is 4.74 Å². The molecule has 1 rings (SSSR count). The number of esters is 1. The minimum absolute atomic E-state index is 0.0347. The van der Waals surface area contributed by atoms with Crippen molar-refractivity contribution in [2.24, 2.45) is 0 Å². The number of ether oxygens (including phenoxy) is 2. The van der Waals surface area contributed by atoms with Crippen molar-refractivity contribution in [3.05, 3.63) is 0 Å². The summed E-state index contributed by atoms with van der Waals surface area (Å²) in [4.78, 5) is 10.1. The maximum Gasteiger partial charge on any atom is 0.310 e. The van der Waals surface area contributed by atoms with Gasteiger partial charge in [-0.3, -0.25) is 4.79 Å². The van der Waals surface area contributed by atoms with Crippen molar-refractivity contribution in [3.63, 3.8) is 0 Å². The molecular formula is C5H8O3. The van der Waals surface area contributed by atoms with Crippen LogP contribution in [0.15, 0.2) is 0 Å². The van der Waals surface area contributed by atoms with Crippen molar-refractivity contribution in [2.45, 2.75) is 12.5 Å². The molecule has 0 aliphatic carbocycles. The Morgan fingerprint density at radius 2 is 2.62 bits per heavy atom. The molecule has 0 amide bonds. The summed E-state index contributed by atoms with van der Waals surface area (Å²) in [5.41, 5.74) is 0. The number of rotatable bonds is 2. The molecule has 0 aromatic rings. The fourth-order valence-electron chi connectivity index (χ4n) is 0.641. The van der Waals surface area contributed by atoms with E-state index in [1.807, 2.05) is 0 Å². The first-order valence-electron chi connectivity index (χ1n) is 2.51. The second kappa shape index (κ2) is 2.13. The standard InChI is InChI=1S/C5H8O3/c1-7-3-4-2-5(6)8-4/h4H,2-3H2,1H3. The van der Waals surface area contributed by atoms with E-state index >= 15 is 0 Å². The van der Waals surface area contributed by atoms with E-state index in [0.717, 1.165) is 0 Å². The molecule has 1 saturated heterocycles. The summed E-state index contributed by atoms with van der Waals surface area (Å²) in [6.07, 6.45) is 0.556. The largest absolute Gasteiger partial charge is 0.459 e. The van der Waals surface area contributed by atoms with E-state index in [1.54, 1.807) is 7.11 Å². The van der Waals surface area contributed by atoms with Crippen LogP contribution in [0.2, 0.25) is 0 Å². The lowest BCUT2D eigenvalue weighted by Crippen LogP contribution is -2.35. The predicted octanol–water partition coefficient (Wildman–Crippen LogP) is -0.0517. The van der Waals surface area contributed by atoms with Crippen LogP contribution in [0.4, 0.5) is 0 Å². The number of methoxy groups -OCH3 is 1. The summed E-state index contributed by atoms with van der Waals surface area (Å²) >= 11 is 0. The quantitative estimate of drug-likeness (QED) is 0.474. The van der Waals surface area contributed by atoms with Gasteiger partial charge in [-0.1, -0.05) is 0 Å². The van der Waals surface area contributed by atoms with Gasteiger partial charge in [-0.2, -0.15) is 0 Å². The van der Waals surface area contributed by atoms with Crippen molar-refractivity contribution in [1.82, 2.24) is 0 Å². The average molecular weight is 116 g/mol. The number of carbonyl (C=O) groups is 1. The van der Waals surface area contributed by atoms with Gasteiger partial charge in [0.1, 0.15) is 6.10 Å². The second-order valence-electron chi connectivity index (χ2n) is 1.77. The van der Waals surface area contributed by atoms with Crippen LogP contribution in [0.3, 0.4) is 0 Å². The van der Waals surface area contributed by atoms with E-state index < -0.39 is 0 Å². The summed E-state index contributed by atoms with van der Waals surface area (Å²) in [6, 6.07) is 0. The molecule has 1 unspecified atom stereocenters. The first kappa shape index (κ1) is 5.56. The van der Waals surface area contributed by atoms with Gasteiger partial charge in [0.05, 0.1) is 13.0 Å². The van der Waals surface area contributed by atoms with Gasteiger partial charge in [-0.05, 0) is 0 Å². The molecule has 1 heterocycles. The van der Waals surface area contributed by atoms with E-state index in [9.17, 15) is 4.79 Å². The monoisotopic (exact) mass is 116 g/mol. The topological polar surface area (TPSA) is 35.5 Å². The predicted molar refractivity (Wildman–Crippen MR) is 26.4 cm³/mol. The van der Waals surface area contributed by atoms with Crippen molar-refractivity contribution < 1.29 is 14.3 Å². The molecule has 1 aliphatic rings. The van der Waals surface area contributed by atoms with E-state index in [1.165, 1.54) is 0 Å². The fraction of sp³-hybridized carbons (Fsp3) is 0.800. The molecule has 0 aromatic carbocycles. The van der Waals surface area contributed by atoms with Crippen molar-refractivity contribution in [1.29, 1.82) is 0 Å². The number of hydrogen-bond acceptors (Lipinski definition) is 3. The Kier molecular flexibility index (Phi) is 1.48. The molecule has 0 spiro atoms. The van der Waals surface area contributed by atoms with Crippen LogP contribution in [0.5, 0.6) is 0 Å². The van der Waals surface area contributed by atoms with Gasteiger partial charge in [0.25, 0.3) is 0 Å². The first-order valence-corrected chi connectivity index (χ1v) is 2.51. The zero-order chi connectivity index (χ0) is 5.98. The van der Waals surface area contributed by atoms with Crippen LogP contribution in [-0.2, 0) is 14.3 Å². The number of cyclic esters (lactones) is 1. The molecule has 0 bridgehead atoms. The minimum atomic E-state index is -0.118. The molecular weight excluding hydrogens is 108 g/mol. The van der Waals surface area contributed by atoms with Gasteiger partial charge in [-0.15, -0.1) is 0 Å². The molecule has 0 aromatic heterocycles. The van der Waals surface area contributed by atoms with Crippen LogP contribution in [0.25, 0.3) is 0 Å². The van der Waals surface area contributed by atoms with Gasteiger partial charge >= 0.3 is 5.97 Å². The third-order valence-corrected chi connectivity index (χ3v) is 1.05. The number of hydrogen-bond donors (Lipinski definition) is 0. The fourth-order valence-corrected chi connectivity index (χ4v) is 0.641. The third-order valence-electron chi connectivity index (χ3n) is 1.05. The van der Waals surface area contributed by atoms with Crippen LogP contribution in [0, 0.1) is 0 Å². The molecule has 0 radical (unpaired) electrons. The third kappa shape index (κ3) is 0.980. The molecule has 1 atom stereocenters.